The summed E-state index contributed by atoms with van der Waals surface area (Å²) >= 11 is 5.23. The highest BCUT2D eigenvalue weighted by molar-refractivity contribution is 7.80. The molecule has 150 valence electrons. The zero-order valence-electron chi connectivity index (χ0n) is 15.3. The van der Waals surface area contributed by atoms with E-state index < -0.39 is 12.6 Å². The first-order chi connectivity index (χ1) is 12.9. The van der Waals surface area contributed by atoms with E-state index >= 15 is 0 Å². The Morgan fingerprint density at radius 1 is 1.19 bits per heavy atom. The first kappa shape index (κ1) is 22.7. The largest absolute Gasteiger partial charge is 0.481 e. The molecule has 1 rings (SSSR count). The fourth-order valence-electron chi connectivity index (χ4n) is 2.26. The number of thiocarbonyl (C=S) groups is 1. The molecule has 0 unspecified atom stereocenters. The molecular weight excluding hydrogens is 369 g/mol. The minimum absolute atomic E-state index is 0.198. The molecular formula is C18H28FN5O2S. The van der Waals surface area contributed by atoms with Gasteiger partial charge in [0, 0.05) is 30.5 Å². The number of unbranched alkanes of at least 4 members (excludes halogenated alkanes) is 2. The molecule has 7 N–H and O–H groups in total. The number of hydrazine groups is 1. The number of carbonyl (C=O) groups is 1. The summed E-state index contributed by atoms with van der Waals surface area (Å²) in [4.78, 5) is 10.4. The number of nitrogens with zero attached hydrogens (tertiary/aromatic N) is 1. The van der Waals surface area contributed by atoms with Crippen molar-refractivity contribution in [1.82, 2.24) is 5.32 Å². The van der Waals surface area contributed by atoms with Gasteiger partial charge in [-0.1, -0.05) is 6.42 Å². The van der Waals surface area contributed by atoms with Crippen LogP contribution in [0.3, 0.4) is 0 Å². The van der Waals surface area contributed by atoms with Crippen molar-refractivity contribution < 1.29 is 14.3 Å². The maximum Gasteiger partial charge on any atom is 0.303 e. The summed E-state index contributed by atoms with van der Waals surface area (Å²) in [7, 11) is 0. The third kappa shape index (κ3) is 10.4. The van der Waals surface area contributed by atoms with E-state index in [0.717, 1.165) is 24.2 Å². The summed E-state index contributed by atoms with van der Waals surface area (Å²) in [6.07, 6.45) is 4.97. The number of rotatable bonds is 12. The molecule has 0 saturated carbocycles. The second-order valence-electron chi connectivity index (χ2n) is 6.04. The van der Waals surface area contributed by atoms with E-state index in [4.69, 9.17) is 28.9 Å². The maximum atomic E-state index is 12.2. The number of aliphatic carboxylic acids is 1. The summed E-state index contributed by atoms with van der Waals surface area (Å²) in [5.74, 6) is 5.17. The second-order valence-corrected chi connectivity index (χ2v) is 6.44. The van der Waals surface area contributed by atoms with Crippen molar-refractivity contribution in [2.24, 2.45) is 11.6 Å². The molecule has 0 radical (unpaired) electrons. The van der Waals surface area contributed by atoms with Crippen molar-refractivity contribution in [2.75, 3.05) is 23.5 Å². The van der Waals surface area contributed by atoms with E-state index in [0.29, 0.717) is 36.6 Å². The number of hydrogen-bond acceptors (Lipinski definition) is 5. The smallest absolute Gasteiger partial charge is 0.303 e. The van der Waals surface area contributed by atoms with Crippen LogP contribution in [0.15, 0.2) is 36.2 Å². The van der Waals surface area contributed by atoms with Crippen LogP contribution in [0.5, 0.6) is 0 Å². The highest BCUT2D eigenvalue weighted by Crippen LogP contribution is 2.17. The van der Waals surface area contributed by atoms with Crippen LogP contribution in [-0.2, 0) is 4.79 Å². The maximum absolute atomic E-state index is 12.2. The van der Waals surface area contributed by atoms with E-state index in [-0.39, 0.29) is 6.42 Å². The molecule has 0 saturated heterocycles. The summed E-state index contributed by atoms with van der Waals surface area (Å²) in [5, 5.41) is 16.6. The Morgan fingerprint density at radius 2 is 1.89 bits per heavy atom. The van der Waals surface area contributed by atoms with Crippen LogP contribution in [0.1, 0.15) is 38.5 Å². The van der Waals surface area contributed by atoms with Crippen molar-refractivity contribution in [1.29, 1.82) is 0 Å². The summed E-state index contributed by atoms with van der Waals surface area (Å²) in [6.45, 7) is 0.277. The van der Waals surface area contributed by atoms with Gasteiger partial charge in [0.25, 0.3) is 0 Å². The average Bonchev–Trinajstić information content (AvgIpc) is 2.63. The third-order valence-electron chi connectivity index (χ3n) is 3.68. The molecule has 0 amide bonds. The van der Waals surface area contributed by atoms with Crippen molar-refractivity contribution >= 4 is 34.7 Å². The summed E-state index contributed by atoms with van der Waals surface area (Å²) in [5.41, 5.74) is 7.86. The minimum Gasteiger partial charge on any atom is -0.481 e. The van der Waals surface area contributed by atoms with Crippen LogP contribution in [0.4, 0.5) is 15.8 Å². The van der Waals surface area contributed by atoms with E-state index in [1.165, 1.54) is 5.01 Å². The quantitative estimate of drug-likeness (QED) is 0.158. The monoisotopic (exact) mass is 397 g/mol. The lowest BCUT2D eigenvalue weighted by molar-refractivity contribution is -0.137. The Labute approximate surface area is 164 Å². The normalized spacial score (nSPS) is 11.1. The lowest BCUT2D eigenvalue weighted by atomic mass is 10.2. The molecule has 0 aromatic heterocycles. The van der Waals surface area contributed by atoms with Gasteiger partial charge in [0.15, 0.2) is 5.11 Å². The van der Waals surface area contributed by atoms with Crippen molar-refractivity contribution in [2.45, 2.75) is 38.5 Å². The van der Waals surface area contributed by atoms with Gasteiger partial charge in [-0.3, -0.25) is 14.2 Å². The van der Waals surface area contributed by atoms with E-state index in [1.807, 2.05) is 24.3 Å². The molecule has 0 spiro atoms. The van der Waals surface area contributed by atoms with Crippen molar-refractivity contribution in [3.63, 3.8) is 0 Å². The minimum atomic E-state index is -0.766. The highest BCUT2D eigenvalue weighted by Gasteiger charge is 2.02. The van der Waals surface area contributed by atoms with Crippen molar-refractivity contribution in [3.05, 3.63) is 36.2 Å². The number of nitrogens with one attached hydrogen (secondary N) is 2. The van der Waals surface area contributed by atoms with Crippen LogP contribution in [0, 0.1) is 0 Å². The van der Waals surface area contributed by atoms with Gasteiger partial charge in [-0.2, -0.15) is 0 Å². The predicted molar refractivity (Wildman–Crippen MR) is 111 cm³/mol. The molecule has 0 aliphatic heterocycles. The number of carboxylic acid groups (broad SMARTS) is 1. The first-order valence-electron chi connectivity index (χ1n) is 8.85. The Balaban J connectivity index is 2.36. The van der Waals surface area contributed by atoms with Gasteiger partial charge >= 0.3 is 5.97 Å². The number of anilines is 2. The summed E-state index contributed by atoms with van der Waals surface area (Å²) in [6, 6.07) is 7.30. The van der Waals surface area contributed by atoms with Crippen LogP contribution in [-0.4, -0.2) is 29.4 Å². The summed E-state index contributed by atoms with van der Waals surface area (Å²) < 4.78 is 12.2. The SMILES string of the molecule is N/C(=C\N(N)c1ccc(NC(=S)NCCCCCC(=O)O)cc1)CCCF. The molecule has 0 heterocycles. The molecule has 0 fully saturated rings. The van der Waals surface area contributed by atoms with Gasteiger partial charge in [-0.15, -0.1) is 0 Å². The van der Waals surface area contributed by atoms with Gasteiger partial charge in [0.05, 0.1) is 12.4 Å². The second kappa shape index (κ2) is 12.9. The van der Waals surface area contributed by atoms with Crippen LogP contribution < -0.4 is 27.2 Å². The van der Waals surface area contributed by atoms with Crippen molar-refractivity contribution in [3.8, 4) is 0 Å². The molecule has 7 nitrogen and oxygen atoms in total. The molecule has 27 heavy (non-hydrogen) atoms. The number of carboxylic acids is 1. The average molecular weight is 398 g/mol. The zero-order chi connectivity index (χ0) is 20.1. The van der Waals surface area contributed by atoms with E-state index in [9.17, 15) is 9.18 Å². The molecule has 1 aromatic carbocycles. The molecule has 0 atom stereocenters. The first-order valence-corrected chi connectivity index (χ1v) is 9.26. The fourth-order valence-corrected chi connectivity index (χ4v) is 2.48. The van der Waals surface area contributed by atoms with Crippen LogP contribution >= 0.6 is 12.2 Å². The lowest BCUT2D eigenvalue weighted by Gasteiger charge is -2.16. The standard InChI is InChI=1S/C18H28FN5O2S/c19-11-4-5-14(20)13-24(21)16-9-7-15(8-10-16)23-18(27)22-12-3-1-2-6-17(25)26/h7-10,13H,1-6,11-12,20-21H2,(H,25,26)(H2,22,23,27)/b14-13-. The van der Waals surface area contributed by atoms with E-state index in [2.05, 4.69) is 10.6 Å². The van der Waals surface area contributed by atoms with Gasteiger partial charge in [-0.05, 0) is 62.2 Å². The third-order valence-corrected chi connectivity index (χ3v) is 3.93. The number of halogens is 1. The topological polar surface area (TPSA) is 117 Å². The van der Waals surface area contributed by atoms with Crippen LogP contribution in [0.2, 0.25) is 0 Å². The van der Waals surface area contributed by atoms with Gasteiger partial charge in [-0.25, -0.2) is 5.84 Å². The van der Waals surface area contributed by atoms with Gasteiger partial charge in [0.2, 0.25) is 0 Å². The van der Waals surface area contributed by atoms with Gasteiger partial charge < -0.3 is 21.5 Å². The number of allylic oxidation sites excluding steroid dienone is 1. The molecule has 0 bridgehead atoms. The molecule has 1 aromatic rings. The Bertz CT molecular complexity index is 625. The Hall–Kier alpha value is -2.39. The molecule has 0 aliphatic carbocycles. The lowest BCUT2D eigenvalue weighted by Crippen LogP contribution is -2.29. The Kier molecular flexibility index (Phi) is 10.8. The fraction of sp³-hybridized carbons (Fsp3) is 0.444. The molecule has 0 aliphatic rings. The number of hydrogen-bond donors (Lipinski definition) is 5. The number of benzene rings is 1. The number of nitrogens with two attached hydrogens (primary N) is 2. The highest BCUT2D eigenvalue weighted by atomic mass is 32.1. The van der Waals surface area contributed by atoms with Crippen LogP contribution in [0.25, 0.3) is 0 Å². The van der Waals surface area contributed by atoms with E-state index in [1.54, 1.807) is 6.20 Å². The number of alkyl halides is 1. The Morgan fingerprint density at radius 3 is 2.52 bits per heavy atom. The predicted octanol–water partition coefficient (Wildman–Crippen LogP) is 2.85. The zero-order valence-corrected chi connectivity index (χ0v) is 16.1. The molecule has 9 heteroatoms. The van der Waals surface area contributed by atoms with Gasteiger partial charge in [0.1, 0.15) is 0 Å².